The molecule has 2 aliphatic heterocycles. The van der Waals surface area contributed by atoms with Gasteiger partial charge in [0.15, 0.2) is 5.82 Å². The van der Waals surface area contributed by atoms with Crippen LogP contribution >= 0.6 is 0 Å². The van der Waals surface area contributed by atoms with Gasteiger partial charge in [0.1, 0.15) is 24.9 Å². The second-order valence-corrected chi connectivity index (χ2v) is 14.9. The number of carbonyl (C=O) groups is 1. The molecule has 19 heteroatoms. The summed E-state index contributed by atoms with van der Waals surface area (Å²) >= 11 is 0. The molecule has 0 saturated carbocycles. The summed E-state index contributed by atoms with van der Waals surface area (Å²) in [6, 6.07) is 21.4. The van der Waals surface area contributed by atoms with Crippen molar-refractivity contribution in [3.05, 3.63) is 141 Å². The van der Waals surface area contributed by atoms with E-state index in [0.29, 0.717) is 91.3 Å². The molecule has 2 atom stereocenters. The van der Waals surface area contributed by atoms with Crippen molar-refractivity contribution in [1.82, 2.24) is 49.2 Å². The molecule has 19 nitrogen and oxygen atoms in total. The Bertz CT molecular complexity index is 2820. The van der Waals surface area contributed by atoms with Gasteiger partial charge in [0, 0.05) is 76.1 Å². The zero-order valence-corrected chi connectivity index (χ0v) is 34.9. The number of anilines is 2. The minimum atomic E-state index is -0.482. The summed E-state index contributed by atoms with van der Waals surface area (Å²) in [6.07, 6.45) is 7.21. The van der Waals surface area contributed by atoms with Gasteiger partial charge in [-0.15, -0.1) is 0 Å². The fourth-order valence-corrected chi connectivity index (χ4v) is 7.36. The van der Waals surface area contributed by atoms with Gasteiger partial charge in [0.25, 0.3) is 17.0 Å². The Morgan fingerprint density at radius 3 is 1.71 bits per heavy atom. The van der Waals surface area contributed by atoms with Crippen LogP contribution in [0.5, 0.6) is 0 Å². The fraction of sp³-hybridized carbons (Fsp3) is 0.295. The average molecular weight is 852 g/mol. The quantitative estimate of drug-likeness (QED) is 0.229. The Labute approximate surface area is 361 Å². The second-order valence-electron chi connectivity index (χ2n) is 14.9. The van der Waals surface area contributed by atoms with Crippen molar-refractivity contribution < 1.29 is 18.8 Å². The molecule has 5 aromatic heterocycles. The van der Waals surface area contributed by atoms with Gasteiger partial charge in [0.2, 0.25) is 17.8 Å². The summed E-state index contributed by atoms with van der Waals surface area (Å²) < 4.78 is 20.6. The van der Waals surface area contributed by atoms with Crippen LogP contribution < -0.4 is 26.7 Å². The van der Waals surface area contributed by atoms with Gasteiger partial charge >= 0.3 is 0 Å². The van der Waals surface area contributed by atoms with Crippen molar-refractivity contribution in [3.8, 4) is 34.2 Å². The Morgan fingerprint density at radius 1 is 0.683 bits per heavy atom. The standard InChI is InChI=1S/C23H23N7O3.C21H22N6O3/c1-15-26-22(33-28-15)17-6-3-5-16(11-17)20-13-30(9-4-10-32-20)23-27-19(12-21(31)29(23)2)18-7-8-24-14-25-18;1-26-19(28)11-17(16-6-7-23-13-24-16)25-21(26)27-8-3-9-30-18(12-27)14-4-2-5-15(10-14)20(22)29/h3,5-8,11-12,14,20H,4,9-10,13H2,1-2H3;2,4-7,10-11,13,18H,3,8-9,12H2,1H3,(H2,22,29)/t20-;18-/m11/s1. The molecule has 0 radical (unpaired) electrons. The Hall–Kier alpha value is -7.51. The van der Waals surface area contributed by atoms with Crippen LogP contribution in [-0.4, -0.2) is 94.5 Å². The Kier molecular flexibility index (Phi) is 12.8. The lowest BCUT2D eigenvalue weighted by molar-refractivity contribution is 0.0684. The topological polar surface area (TPSA) is 228 Å². The van der Waals surface area contributed by atoms with Crippen molar-refractivity contribution in [2.45, 2.75) is 32.0 Å². The van der Waals surface area contributed by atoms with Crippen molar-refractivity contribution in [2.75, 3.05) is 49.2 Å². The molecular formula is C44H45N13O6. The highest BCUT2D eigenvalue weighted by atomic mass is 16.5. The lowest BCUT2D eigenvalue weighted by Crippen LogP contribution is -2.34. The number of nitrogens with two attached hydrogens (primary N) is 1. The van der Waals surface area contributed by atoms with Gasteiger partial charge in [-0.1, -0.05) is 29.4 Å². The molecule has 2 aliphatic rings. The molecular weight excluding hydrogens is 807 g/mol. The number of aryl methyl sites for hydroxylation is 1. The first kappa shape index (κ1) is 42.2. The number of hydrogen-bond acceptors (Lipinski definition) is 16. The number of amides is 1. The number of aromatic nitrogens is 10. The van der Waals surface area contributed by atoms with E-state index in [1.54, 1.807) is 68.3 Å². The molecule has 2 aromatic carbocycles. The fourth-order valence-electron chi connectivity index (χ4n) is 7.36. The highest BCUT2D eigenvalue weighted by Crippen LogP contribution is 2.29. The molecule has 0 bridgehead atoms. The third kappa shape index (κ3) is 9.84. The number of carbonyl (C=O) groups excluding carboxylic acids is 1. The van der Waals surface area contributed by atoms with E-state index in [-0.39, 0.29) is 23.3 Å². The molecule has 0 unspecified atom stereocenters. The van der Waals surface area contributed by atoms with E-state index in [4.69, 9.17) is 29.7 Å². The first-order valence-corrected chi connectivity index (χ1v) is 20.3. The predicted molar refractivity (Wildman–Crippen MR) is 231 cm³/mol. The van der Waals surface area contributed by atoms with Crippen molar-refractivity contribution >= 4 is 17.8 Å². The van der Waals surface area contributed by atoms with Gasteiger partial charge in [-0.3, -0.25) is 23.5 Å². The van der Waals surface area contributed by atoms with Crippen LogP contribution in [0.1, 0.15) is 52.4 Å². The molecule has 7 heterocycles. The lowest BCUT2D eigenvalue weighted by atomic mass is 10.1. The number of hydrogen-bond donors (Lipinski definition) is 1. The average Bonchev–Trinajstić information content (AvgIpc) is 3.46. The molecule has 9 rings (SSSR count). The maximum Gasteiger partial charge on any atom is 0.257 e. The summed E-state index contributed by atoms with van der Waals surface area (Å²) in [4.78, 5) is 71.1. The van der Waals surface area contributed by atoms with Crippen molar-refractivity contribution in [2.24, 2.45) is 19.8 Å². The molecule has 7 aromatic rings. The van der Waals surface area contributed by atoms with Gasteiger partial charge in [0.05, 0.1) is 35.9 Å². The molecule has 2 N–H and O–H groups in total. The van der Waals surface area contributed by atoms with Gasteiger partial charge < -0.3 is 29.5 Å². The number of ether oxygens (including phenoxy) is 2. The zero-order valence-electron chi connectivity index (χ0n) is 34.9. The molecule has 0 aliphatic carbocycles. The normalized spacial score (nSPS) is 16.7. The Morgan fingerprint density at radius 2 is 1.22 bits per heavy atom. The van der Waals surface area contributed by atoms with Crippen LogP contribution in [0.25, 0.3) is 34.2 Å². The van der Waals surface area contributed by atoms with E-state index >= 15 is 0 Å². The summed E-state index contributed by atoms with van der Waals surface area (Å²) in [5.74, 6) is 1.70. The molecule has 2 saturated heterocycles. The predicted octanol–water partition coefficient (Wildman–Crippen LogP) is 3.87. The maximum absolute atomic E-state index is 12.7. The number of primary amides is 1. The molecule has 1 amide bonds. The van der Waals surface area contributed by atoms with Crippen molar-refractivity contribution in [3.63, 3.8) is 0 Å². The van der Waals surface area contributed by atoms with Crippen LogP contribution in [0.15, 0.2) is 112 Å². The number of rotatable bonds is 8. The highest BCUT2D eigenvalue weighted by molar-refractivity contribution is 5.92. The summed E-state index contributed by atoms with van der Waals surface area (Å²) in [5, 5.41) is 3.88. The van der Waals surface area contributed by atoms with Crippen LogP contribution in [0.2, 0.25) is 0 Å². The Balaban J connectivity index is 0.000000174. The lowest BCUT2D eigenvalue weighted by Gasteiger charge is -2.26. The first-order chi connectivity index (χ1) is 30.6. The van der Waals surface area contributed by atoms with E-state index in [1.807, 2.05) is 35.2 Å². The second kappa shape index (κ2) is 19.0. The van der Waals surface area contributed by atoms with Gasteiger partial charge in [-0.05, 0) is 67.3 Å². The first-order valence-electron chi connectivity index (χ1n) is 20.3. The van der Waals surface area contributed by atoms with E-state index in [2.05, 4.69) is 35.0 Å². The minimum Gasteiger partial charge on any atom is -0.372 e. The minimum absolute atomic E-state index is 0.149. The zero-order chi connectivity index (χ0) is 43.9. The molecule has 2 fully saturated rings. The van der Waals surface area contributed by atoms with Crippen LogP contribution in [-0.2, 0) is 23.6 Å². The third-order valence-corrected chi connectivity index (χ3v) is 10.6. The number of benzene rings is 2. The maximum atomic E-state index is 12.7. The summed E-state index contributed by atoms with van der Waals surface area (Å²) in [7, 11) is 3.43. The highest BCUT2D eigenvalue weighted by Gasteiger charge is 2.26. The third-order valence-electron chi connectivity index (χ3n) is 10.6. The summed E-state index contributed by atoms with van der Waals surface area (Å²) in [6.45, 7) is 5.36. The van der Waals surface area contributed by atoms with Crippen molar-refractivity contribution in [1.29, 1.82) is 0 Å². The largest absolute Gasteiger partial charge is 0.372 e. The van der Waals surface area contributed by atoms with E-state index in [1.165, 1.54) is 29.4 Å². The van der Waals surface area contributed by atoms with E-state index in [0.717, 1.165) is 29.5 Å². The van der Waals surface area contributed by atoms with Gasteiger partial charge in [-0.2, -0.15) is 4.98 Å². The SMILES string of the molecule is Cc1noc(-c2cccc([C@H]3CN(c4nc(-c5ccncn5)cc(=O)n4C)CCCO3)c2)n1.Cn1c(N2CCCO[C@@H](c3cccc(C(N)=O)c3)C2)nc(-c2ccncn2)cc1=O. The van der Waals surface area contributed by atoms with Crippen LogP contribution in [0, 0.1) is 6.92 Å². The molecule has 63 heavy (non-hydrogen) atoms. The number of nitrogens with zero attached hydrogens (tertiary/aromatic N) is 12. The van der Waals surface area contributed by atoms with Gasteiger partial charge in [-0.25, -0.2) is 29.9 Å². The monoisotopic (exact) mass is 851 g/mol. The summed E-state index contributed by atoms with van der Waals surface area (Å²) in [5.41, 5.74) is 10.4. The molecule has 0 spiro atoms. The van der Waals surface area contributed by atoms with E-state index < -0.39 is 5.91 Å². The smallest absolute Gasteiger partial charge is 0.257 e. The van der Waals surface area contributed by atoms with Crippen LogP contribution in [0.3, 0.4) is 0 Å². The van der Waals surface area contributed by atoms with Crippen LogP contribution in [0.4, 0.5) is 11.9 Å². The van der Waals surface area contributed by atoms with E-state index in [9.17, 15) is 14.4 Å². The molecule has 322 valence electrons.